The smallest absolute Gasteiger partial charge is 0.187 e. The van der Waals surface area contributed by atoms with Crippen molar-refractivity contribution in [2.75, 3.05) is 41.9 Å². The van der Waals surface area contributed by atoms with Crippen LogP contribution in [0.25, 0.3) is 0 Å². The van der Waals surface area contributed by atoms with Gasteiger partial charge in [0, 0.05) is 0 Å². The summed E-state index contributed by atoms with van der Waals surface area (Å²) in [5, 5.41) is 194. The third-order valence-corrected chi connectivity index (χ3v) is 18.8. The molecule has 16 bridgehead atoms. The number of alkyl halides is 6. The first-order valence-corrected chi connectivity index (χ1v) is 31.4. The zero-order valence-electron chi connectivity index (χ0n) is 46.2. The average Bonchev–Trinajstić information content (AvgIpc) is 0.985. The van der Waals surface area contributed by atoms with E-state index in [1.165, 1.54) is 0 Å². The molecule has 512 valence electrons. The predicted octanol–water partition coefficient (Wildman–Crippen LogP) is -8.51. The van der Waals surface area contributed by atoms with Crippen LogP contribution in [-0.4, -0.2) is 374 Å². The van der Waals surface area contributed by atoms with Crippen molar-refractivity contribution >= 4 is 69.6 Å². The van der Waals surface area contributed by atoms with E-state index in [1.807, 2.05) is 0 Å². The summed E-state index contributed by atoms with van der Waals surface area (Å²) in [7, 11) is 0. The van der Waals surface area contributed by atoms with Gasteiger partial charge in [0.2, 0.25) is 0 Å². The summed E-state index contributed by atoms with van der Waals surface area (Å²) in [4.78, 5) is 0. The molecule has 40 atom stereocenters. The van der Waals surface area contributed by atoms with Gasteiger partial charge in [-0.3, -0.25) is 0 Å². The number of halogens is 6. The van der Waals surface area contributed by atoms with Crippen LogP contribution in [0.3, 0.4) is 0 Å². The zero-order chi connectivity index (χ0) is 64.1. The largest absolute Gasteiger partial charge is 0.394 e. The number of rotatable bonds is 8. The van der Waals surface area contributed by atoms with Gasteiger partial charge < -0.3 is 163 Å². The van der Waals surface area contributed by atoms with Gasteiger partial charge in [-0.1, -0.05) is 6.92 Å². The van der Waals surface area contributed by atoms with Crippen LogP contribution in [-0.2, 0) is 75.8 Å². The highest BCUT2D eigenvalue weighted by molar-refractivity contribution is 6.19. The molecule has 0 radical (unpaired) electrons. The molecule has 0 amide bonds. The highest BCUT2D eigenvalue weighted by atomic mass is 35.5. The molecule has 30 aliphatic heterocycles. The Labute approximate surface area is 530 Å². The maximum Gasteiger partial charge on any atom is 0.187 e. The Bertz CT molecular complexity index is 1730. The van der Waals surface area contributed by atoms with Crippen molar-refractivity contribution in [2.45, 2.75) is 259 Å². The monoisotopic (exact) mass is 1400 g/mol. The molecule has 30 rings (SSSR count). The van der Waals surface area contributed by atoms with Crippen molar-refractivity contribution in [3.05, 3.63) is 0 Å². The summed E-state index contributed by atoms with van der Waals surface area (Å²) < 4.78 is 94.4. The molecule has 0 saturated carbocycles. The Morgan fingerprint density at radius 1 is 0.205 bits per heavy atom. The highest BCUT2D eigenvalue weighted by Gasteiger charge is 2.60. The summed E-state index contributed by atoms with van der Waals surface area (Å²) in [6, 6.07) is 0. The summed E-state index contributed by atoms with van der Waals surface area (Å²) in [6.07, 6.45) is -73.5. The number of aliphatic hydroxyl groups is 17. The lowest BCUT2D eigenvalue weighted by atomic mass is 9.94. The van der Waals surface area contributed by atoms with Gasteiger partial charge in [-0.25, -0.2) is 0 Å². The van der Waals surface area contributed by atoms with Crippen LogP contribution in [0.5, 0.6) is 0 Å². The molecule has 30 saturated heterocycles. The van der Waals surface area contributed by atoms with Gasteiger partial charge in [0.15, 0.2) is 50.3 Å². The average molecular weight is 1410 g/mol. The SMILES string of the molecule is CCC1OC2OC3C(CCl)OC(OC4C(CCl)OC(OC5C(CCl)OC(OC6C(CCl)OC(OC7C(CO)OC(OC8C(CCl)OC(OC9C(CCl)OC(OC1C(O)C2O)C(O)C9O)C(O)C8O)C(O)C7O)C(O)C6O)C(O)C5O)C(O)C4O)C(O)C3O. The van der Waals surface area contributed by atoms with E-state index in [9.17, 15) is 86.8 Å². The Morgan fingerprint density at radius 2 is 0.341 bits per heavy atom. The molecule has 30 heterocycles. The molecule has 0 aromatic rings. The lowest BCUT2D eigenvalue weighted by molar-refractivity contribution is -0.398. The lowest BCUT2D eigenvalue weighted by Gasteiger charge is -2.50. The normalized spacial score (nSPS) is 55.4. The molecule has 30 fully saturated rings. The first kappa shape index (κ1) is 72.7. The molecule has 0 spiro atoms. The molecular weight excluding hydrogens is 1330 g/mol. The van der Waals surface area contributed by atoms with Crippen LogP contribution >= 0.6 is 69.6 Å². The first-order valence-electron chi connectivity index (χ1n) is 28.2. The van der Waals surface area contributed by atoms with Gasteiger partial charge in [-0.15, -0.1) is 69.6 Å². The summed E-state index contributed by atoms with van der Waals surface area (Å²) >= 11 is 37.7. The quantitative estimate of drug-likeness (QED) is 0.100. The van der Waals surface area contributed by atoms with Crippen LogP contribution in [0.15, 0.2) is 0 Å². The summed E-state index contributed by atoms with van der Waals surface area (Å²) in [5.41, 5.74) is 0. The van der Waals surface area contributed by atoms with Gasteiger partial charge >= 0.3 is 0 Å². The number of ether oxygens (including phenoxy) is 16. The van der Waals surface area contributed by atoms with Crippen molar-refractivity contribution in [1.82, 2.24) is 0 Å². The van der Waals surface area contributed by atoms with Crippen molar-refractivity contribution in [3.8, 4) is 0 Å². The van der Waals surface area contributed by atoms with Gasteiger partial charge in [0.25, 0.3) is 0 Å². The molecule has 40 unspecified atom stereocenters. The second-order valence-corrected chi connectivity index (χ2v) is 24.4. The fourth-order valence-corrected chi connectivity index (χ4v) is 13.4. The van der Waals surface area contributed by atoms with E-state index in [0.29, 0.717) is 0 Å². The minimum atomic E-state index is -2.14. The predicted molar refractivity (Wildman–Crippen MR) is 286 cm³/mol. The van der Waals surface area contributed by atoms with E-state index in [-0.39, 0.29) is 6.42 Å². The van der Waals surface area contributed by atoms with Crippen LogP contribution in [0.2, 0.25) is 0 Å². The van der Waals surface area contributed by atoms with Crippen LogP contribution in [0.4, 0.5) is 0 Å². The van der Waals surface area contributed by atoms with Crippen molar-refractivity contribution < 1.29 is 163 Å². The van der Waals surface area contributed by atoms with Gasteiger partial charge in [0.1, 0.15) is 189 Å². The highest BCUT2D eigenvalue weighted by Crippen LogP contribution is 2.40. The Hall–Kier alpha value is 0.420. The molecule has 0 aliphatic carbocycles. The third-order valence-electron chi connectivity index (χ3n) is 17.0. The van der Waals surface area contributed by atoms with E-state index >= 15 is 0 Å². The second-order valence-electron chi connectivity index (χ2n) is 22.5. The minimum Gasteiger partial charge on any atom is -0.394 e. The number of hydrogen-bond donors (Lipinski definition) is 17. The minimum absolute atomic E-state index is 0.00562. The standard InChI is InChI=1S/C49H76Cl6O33/c1-2-10-34-18(57)26(65)42(73-10)82-35-11(3-50)75-44(28(67)20(35)59)84-37-13(5-52)76-45(29(68)21(37)60)85-38-14(6-53)77-46(30(69)22(38)61)86-39-15(7-54)79-48(32(71)24(39)63)88-41-17(9-56)80-49(33(72)25(41)64)87-40-16(8-55)78-47(31(70)23(40)62)83-36-12(4-51)74-43(81-34)27(66)19(36)58/h10-49,56-72H,2-9H2,1H3. The number of aliphatic hydroxyl groups excluding tert-OH is 17. The van der Waals surface area contributed by atoms with E-state index in [0.717, 1.165) is 0 Å². The van der Waals surface area contributed by atoms with Crippen molar-refractivity contribution in [3.63, 3.8) is 0 Å². The van der Waals surface area contributed by atoms with E-state index in [1.54, 1.807) is 6.92 Å². The van der Waals surface area contributed by atoms with Gasteiger partial charge in [0.05, 0.1) is 48.0 Å². The zero-order valence-corrected chi connectivity index (χ0v) is 50.7. The molecular formula is C49H76Cl6O33. The molecule has 0 aromatic carbocycles. The van der Waals surface area contributed by atoms with Gasteiger partial charge in [-0.2, -0.15) is 0 Å². The molecule has 17 N–H and O–H groups in total. The van der Waals surface area contributed by atoms with Crippen molar-refractivity contribution in [1.29, 1.82) is 0 Å². The Morgan fingerprint density at radius 3 is 0.489 bits per heavy atom. The third kappa shape index (κ3) is 14.5. The van der Waals surface area contributed by atoms with Crippen molar-refractivity contribution in [2.24, 2.45) is 0 Å². The number of hydrogen-bond acceptors (Lipinski definition) is 33. The van der Waals surface area contributed by atoms with Crippen LogP contribution in [0, 0.1) is 0 Å². The summed E-state index contributed by atoms with van der Waals surface area (Å²) in [6.45, 7) is 0.581. The van der Waals surface area contributed by atoms with E-state index < -0.39 is 288 Å². The van der Waals surface area contributed by atoms with Crippen LogP contribution < -0.4 is 0 Å². The molecule has 33 nitrogen and oxygen atoms in total. The molecule has 39 heteroatoms. The summed E-state index contributed by atoms with van der Waals surface area (Å²) in [5.74, 6) is -3.16. The topological polar surface area (TPSA) is 492 Å². The maximum atomic E-state index is 11.6. The first-order chi connectivity index (χ1) is 41.9. The van der Waals surface area contributed by atoms with Crippen LogP contribution in [0.1, 0.15) is 13.3 Å². The van der Waals surface area contributed by atoms with E-state index in [2.05, 4.69) is 0 Å². The fourth-order valence-electron chi connectivity index (χ4n) is 11.9. The Kier molecular flexibility index (Phi) is 25.9. The molecule has 30 aliphatic rings. The van der Waals surface area contributed by atoms with E-state index in [4.69, 9.17) is 145 Å². The second kappa shape index (κ2) is 31.3. The maximum absolute atomic E-state index is 11.6. The Balaban J connectivity index is 0.975. The fraction of sp³-hybridized carbons (Fsp3) is 1.00. The molecule has 0 aromatic heterocycles. The van der Waals surface area contributed by atoms with Gasteiger partial charge in [-0.05, 0) is 6.42 Å². The lowest BCUT2D eigenvalue weighted by Crippen LogP contribution is -2.68. The molecule has 88 heavy (non-hydrogen) atoms.